The molecule has 8 heteroatoms. The number of rotatable bonds is 1. The average Bonchev–Trinajstić information content (AvgIpc) is 2.73. The van der Waals surface area contributed by atoms with Crippen molar-refractivity contribution in [3.8, 4) is 0 Å². The van der Waals surface area contributed by atoms with E-state index in [1.54, 1.807) is 24.3 Å². The fourth-order valence-corrected chi connectivity index (χ4v) is 3.89. The Hall–Kier alpha value is -1.05. The molecule has 1 atom stereocenters. The first kappa shape index (κ1) is 14.4. The van der Waals surface area contributed by atoms with Crippen LogP contribution < -0.4 is 0 Å². The van der Waals surface area contributed by atoms with E-state index in [1.807, 2.05) is 0 Å². The molecule has 2 rings (SSSR count). The highest BCUT2D eigenvalue weighted by molar-refractivity contribution is 8.35. The second kappa shape index (κ2) is 5.15. The van der Waals surface area contributed by atoms with Crippen molar-refractivity contribution < 1.29 is 13.2 Å². The number of benzene rings is 1. The van der Waals surface area contributed by atoms with E-state index in [2.05, 4.69) is 5.10 Å². The van der Waals surface area contributed by atoms with Gasteiger partial charge in [0.2, 0.25) is 20.1 Å². The van der Waals surface area contributed by atoms with Crippen LogP contribution in [0.5, 0.6) is 0 Å². The number of carbonyl (C=O) groups excluding carboxylic acids is 1. The molecule has 0 aliphatic carbocycles. The number of nitrogens with zero attached hydrogens (tertiary/aromatic N) is 2. The third-order valence-electron chi connectivity index (χ3n) is 2.40. The van der Waals surface area contributed by atoms with E-state index in [4.69, 9.17) is 11.6 Å². The van der Waals surface area contributed by atoms with Gasteiger partial charge in [-0.3, -0.25) is 4.79 Å². The lowest BCUT2D eigenvalue weighted by Crippen LogP contribution is -2.23. The van der Waals surface area contributed by atoms with Crippen molar-refractivity contribution in [2.45, 2.75) is 12.3 Å². The van der Waals surface area contributed by atoms with Crippen molar-refractivity contribution in [1.82, 2.24) is 5.01 Å². The summed E-state index contributed by atoms with van der Waals surface area (Å²) in [4.78, 5) is 11.6. The van der Waals surface area contributed by atoms with Crippen LogP contribution in [0.1, 0.15) is 17.9 Å². The van der Waals surface area contributed by atoms with Gasteiger partial charge in [0.15, 0.2) is 0 Å². The summed E-state index contributed by atoms with van der Waals surface area (Å²) in [6.45, 7) is 1.34. The van der Waals surface area contributed by atoms with E-state index in [0.717, 1.165) is 28.6 Å². The van der Waals surface area contributed by atoms with Gasteiger partial charge in [-0.15, -0.1) is 5.10 Å². The Bertz CT molecular complexity index is 658. The van der Waals surface area contributed by atoms with Crippen LogP contribution in [0.15, 0.2) is 29.4 Å². The molecule has 1 aromatic carbocycles. The molecule has 0 saturated heterocycles. The molecular formula is C11H11ClN2O3S2. The first-order valence-corrected chi connectivity index (χ1v) is 8.44. The van der Waals surface area contributed by atoms with Crippen molar-refractivity contribution in [3.63, 3.8) is 0 Å². The molecule has 1 amide bonds. The lowest BCUT2D eigenvalue weighted by Gasteiger charge is -2.19. The molecule has 1 aliphatic rings. The SMILES string of the molecule is CC(=O)N1N=C(S(C)(=O)=O)SC1c1cccc(Cl)c1. The molecule has 0 spiro atoms. The minimum absolute atomic E-state index is 0.0623. The Balaban J connectivity index is 2.41. The largest absolute Gasteiger partial charge is 0.273 e. The molecule has 0 aromatic heterocycles. The monoisotopic (exact) mass is 318 g/mol. The van der Waals surface area contributed by atoms with E-state index in [-0.39, 0.29) is 10.3 Å². The zero-order valence-corrected chi connectivity index (χ0v) is 12.6. The first-order valence-electron chi connectivity index (χ1n) is 5.29. The van der Waals surface area contributed by atoms with Gasteiger partial charge >= 0.3 is 0 Å². The Morgan fingerprint density at radius 2 is 2.16 bits per heavy atom. The van der Waals surface area contributed by atoms with Gasteiger partial charge in [0.05, 0.1) is 0 Å². The summed E-state index contributed by atoms with van der Waals surface area (Å²) in [5.41, 5.74) is 0.732. The van der Waals surface area contributed by atoms with Crippen LogP contribution in [-0.2, 0) is 14.6 Å². The minimum Gasteiger partial charge on any atom is -0.273 e. The zero-order valence-electron chi connectivity index (χ0n) is 10.2. The van der Waals surface area contributed by atoms with E-state index in [0.29, 0.717) is 5.02 Å². The molecule has 19 heavy (non-hydrogen) atoms. The maximum Gasteiger partial charge on any atom is 0.240 e. The highest BCUT2D eigenvalue weighted by Crippen LogP contribution is 2.41. The normalized spacial score (nSPS) is 19.4. The summed E-state index contributed by atoms with van der Waals surface area (Å²) in [5, 5.41) is 5.06. The second-order valence-corrected chi connectivity index (χ2v) is 7.72. The van der Waals surface area contributed by atoms with Crippen molar-refractivity contribution in [1.29, 1.82) is 0 Å². The van der Waals surface area contributed by atoms with Crippen LogP contribution >= 0.6 is 23.4 Å². The minimum atomic E-state index is -3.43. The molecule has 1 aliphatic heterocycles. The van der Waals surface area contributed by atoms with Gasteiger partial charge < -0.3 is 0 Å². The third-order valence-corrected chi connectivity index (χ3v) is 5.52. The lowest BCUT2D eigenvalue weighted by molar-refractivity contribution is -0.129. The Morgan fingerprint density at radius 1 is 1.47 bits per heavy atom. The second-order valence-electron chi connectivity index (χ2n) is 4.03. The van der Waals surface area contributed by atoms with E-state index < -0.39 is 15.2 Å². The standard InChI is InChI=1S/C11H11ClN2O3S2/c1-7(15)14-10(8-4-3-5-9(12)6-8)18-11(13-14)19(2,16)17/h3-6,10H,1-2H3. The van der Waals surface area contributed by atoms with Gasteiger partial charge in [-0.1, -0.05) is 35.5 Å². The topological polar surface area (TPSA) is 66.8 Å². The third kappa shape index (κ3) is 3.10. The number of hydrogen-bond donors (Lipinski definition) is 0. The maximum atomic E-state index is 11.6. The molecule has 0 bridgehead atoms. The quantitative estimate of drug-likeness (QED) is 0.796. The summed E-state index contributed by atoms with van der Waals surface area (Å²) >= 11 is 6.93. The highest BCUT2D eigenvalue weighted by atomic mass is 35.5. The average molecular weight is 319 g/mol. The molecule has 5 nitrogen and oxygen atoms in total. The van der Waals surface area contributed by atoms with Crippen molar-refractivity contribution >= 4 is 43.5 Å². The fraction of sp³-hybridized carbons (Fsp3) is 0.273. The van der Waals surface area contributed by atoms with Gasteiger partial charge in [0, 0.05) is 18.2 Å². The summed E-state index contributed by atoms with van der Waals surface area (Å²) in [6.07, 6.45) is 1.07. The molecule has 0 saturated carbocycles. The highest BCUT2D eigenvalue weighted by Gasteiger charge is 2.35. The van der Waals surface area contributed by atoms with Crippen LogP contribution in [0, 0.1) is 0 Å². The zero-order chi connectivity index (χ0) is 14.2. The first-order chi connectivity index (χ1) is 8.79. The number of hydrazone groups is 1. The number of sulfone groups is 1. The van der Waals surface area contributed by atoms with Crippen molar-refractivity contribution in [3.05, 3.63) is 34.9 Å². The van der Waals surface area contributed by atoms with Gasteiger partial charge in [-0.05, 0) is 17.7 Å². The number of hydrogen-bond acceptors (Lipinski definition) is 5. The molecule has 102 valence electrons. The summed E-state index contributed by atoms with van der Waals surface area (Å²) in [7, 11) is -3.43. The van der Waals surface area contributed by atoms with Gasteiger partial charge in [-0.2, -0.15) is 0 Å². The molecule has 1 heterocycles. The van der Waals surface area contributed by atoms with Crippen LogP contribution in [0.25, 0.3) is 0 Å². The predicted octanol–water partition coefficient (Wildman–Crippen LogP) is 2.25. The maximum absolute atomic E-state index is 11.6. The van der Waals surface area contributed by atoms with Crippen molar-refractivity contribution in [2.24, 2.45) is 5.10 Å². The van der Waals surface area contributed by atoms with Gasteiger partial charge in [0.1, 0.15) is 5.37 Å². The Labute approximate surface area is 120 Å². The molecule has 1 unspecified atom stereocenters. The predicted molar refractivity (Wildman–Crippen MR) is 76.6 cm³/mol. The number of thioether (sulfide) groups is 1. The van der Waals surface area contributed by atoms with Gasteiger partial charge in [-0.25, -0.2) is 13.4 Å². The van der Waals surface area contributed by atoms with Crippen LogP contribution in [0.3, 0.4) is 0 Å². The summed E-state index contributed by atoms with van der Waals surface area (Å²) in [5.74, 6) is -0.323. The molecular weight excluding hydrogens is 308 g/mol. The smallest absolute Gasteiger partial charge is 0.240 e. The van der Waals surface area contributed by atoms with Crippen LogP contribution in [-0.4, -0.2) is 30.0 Å². The molecule has 0 radical (unpaired) electrons. The molecule has 1 aromatic rings. The fourth-order valence-electron chi connectivity index (χ4n) is 1.58. The van der Waals surface area contributed by atoms with E-state index in [1.165, 1.54) is 6.92 Å². The van der Waals surface area contributed by atoms with E-state index in [9.17, 15) is 13.2 Å². The van der Waals surface area contributed by atoms with Crippen LogP contribution in [0.4, 0.5) is 0 Å². The Kier molecular flexibility index (Phi) is 3.89. The van der Waals surface area contributed by atoms with Gasteiger partial charge in [0.25, 0.3) is 0 Å². The van der Waals surface area contributed by atoms with Crippen LogP contribution in [0.2, 0.25) is 5.02 Å². The number of halogens is 1. The molecule has 0 fully saturated rings. The molecule has 0 N–H and O–H groups in total. The van der Waals surface area contributed by atoms with E-state index >= 15 is 0 Å². The summed E-state index contributed by atoms with van der Waals surface area (Å²) in [6, 6.07) is 6.92. The number of carbonyl (C=O) groups is 1. The van der Waals surface area contributed by atoms with Crippen molar-refractivity contribution in [2.75, 3.05) is 6.26 Å². The Morgan fingerprint density at radius 3 is 2.68 bits per heavy atom. The summed E-state index contributed by atoms with van der Waals surface area (Å²) < 4.78 is 23.0. The lowest BCUT2D eigenvalue weighted by atomic mass is 10.2. The number of amides is 1.